The molecule has 3 atom stereocenters. The average molecular weight is 443 g/mol. The van der Waals surface area contributed by atoms with Crippen LogP contribution >= 0.6 is 23.5 Å². The van der Waals surface area contributed by atoms with Crippen molar-refractivity contribution in [2.24, 2.45) is 0 Å². The number of thioether (sulfide) groups is 2. The summed E-state index contributed by atoms with van der Waals surface area (Å²) >= 11 is 3.11. The van der Waals surface area contributed by atoms with Gasteiger partial charge in [0.05, 0.1) is 12.3 Å². The van der Waals surface area contributed by atoms with Crippen molar-refractivity contribution in [2.45, 2.75) is 74.7 Å². The Kier molecular flexibility index (Phi) is 10.8. The maximum absolute atomic E-state index is 13.1. The summed E-state index contributed by atoms with van der Waals surface area (Å²) in [5.74, 6) is -0.204. The average Bonchev–Trinajstić information content (AvgIpc) is 3.12. The van der Waals surface area contributed by atoms with Crippen molar-refractivity contribution < 1.29 is 19.0 Å². The summed E-state index contributed by atoms with van der Waals surface area (Å²) in [5, 5.41) is 3.86. The number of amides is 1. The predicted molar refractivity (Wildman–Crippen MR) is 120 cm³/mol. The molecule has 0 aromatic carbocycles. The molecule has 1 amide bonds. The molecule has 1 aromatic rings. The zero-order chi connectivity index (χ0) is 21.2. The normalized spacial score (nSPS) is 21.5. The monoisotopic (exact) mass is 442 g/mol. The maximum Gasteiger partial charge on any atom is 0.256 e. The quantitative estimate of drug-likeness (QED) is 0.376. The van der Waals surface area contributed by atoms with Crippen molar-refractivity contribution in [3.8, 4) is 0 Å². The Hall–Kier alpha value is -0.800. The Balaban J connectivity index is 2.15. The van der Waals surface area contributed by atoms with Gasteiger partial charge in [-0.3, -0.25) is 4.79 Å². The summed E-state index contributed by atoms with van der Waals surface area (Å²) in [6.07, 6.45) is 6.68. The molecule has 1 aromatic heterocycles. The Morgan fingerprint density at radius 1 is 1.21 bits per heavy atom. The van der Waals surface area contributed by atoms with Gasteiger partial charge in [0.25, 0.3) is 5.91 Å². The van der Waals surface area contributed by atoms with Crippen LogP contribution in [0.4, 0.5) is 5.69 Å². The predicted octanol–water partition coefficient (Wildman–Crippen LogP) is 4.54. The lowest BCUT2D eigenvalue weighted by atomic mass is 10.1. The summed E-state index contributed by atoms with van der Waals surface area (Å²) in [5.41, 5.74) is 1.67. The van der Waals surface area contributed by atoms with Crippen LogP contribution in [0.5, 0.6) is 0 Å². The SMILES string of the molecule is CCCCO[C@@H]1[C@@H](OCCCC)CO[C@@H]1C(=O)Nc1c(SC)cc(C)nc1SC. The number of unbranched alkanes of at least 4 members (excludes halogenated alkanes) is 2. The molecule has 164 valence electrons. The number of hydrogen-bond donors (Lipinski definition) is 1. The topological polar surface area (TPSA) is 69.7 Å². The van der Waals surface area contributed by atoms with Gasteiger partial charge in [-0.1, -0.05) is 26.7 Å². The highest BCUT2D eigenvalue weighted by molar-refractivity contribution is 7.99. The zero-order valence-corrected chi connectivity index (χ0v) is 19.8. The number of anilines is 1. The van der Waals surface area contributed by atoms with E-state index < -0.39 is 12.2 Å². The minimum Gasteiger partial charge on any atom is -0.373 e. The van der Waals surface area contributed by atoms with Gasteiger partial charge in [-0.25, -0.2) is 4.98 Å². The molecular formula is C21H34N2O4S2. The van der Waals surface area contributed by atoms with Crippen LogP contribution in [0.2, 0.25) is 0 Å². The highest BCUT2D eigenvalue weighted by Gasteiger charge is 2.43. The number of aromatic nitrogens is 1. The van der Waals surface area contributed by atoms with Gasteiger partial charge in [0, 0.05) is 23.8 Å². The first-order chi connectivity index (χ1) is 14.0. The summed E-state index contributed by atoms with van der Waals surface area (Å²) in [6, 6.07) is 1.99. The van der Waals surface area contributed by atoms with Gasteiger partial charge in [-0.15, -0.1) is 23.5 Å². The first-order valence-corrected chi connectivity index (χ1v) is 12.8. The van der Waals surface area contributed by atoms with Crippen LogP contribution in [-0.2, 0) is 19.0 Å². The second-order valence-corrected chi connectivity index (χ2v) is 8.69. The second kappa shape index (κ2) is 12.8. The van der Waals surface area contributed by atoms with E-state index in [4.69, 9.17) is 14.2 Å². The highest BCUT2D eigenvalue weighted by Crippen LogP contribution is 2.34. The number of rotatable bonds is 12. The van der Waals surface area contributed by atoms with Crippen molar-refractivity contribution in [2.75, 3.05) is 37.6 Å². The van der Waals surface area contributed by atoms with Crippen LogP contribution in [0.15, 0.2) is 16.0 Å². The third-order valence-corrected chi connectivity index (χ3v) is 6.18. The molecule has 29 heavy (non-hydrogen) atoms. The lowest BCUT2D eigenvalue weighted by molar-refractivity contribution is -0.132. The van der Waals surface area contributed by atoms with Gasteiger partial charge in [0.15, 0.2) is 6.10 Å². The third-order valence-electron chi connectivity index (χ3n) is 4.74. The maximum atomic E-state index is 13.1. The van der Waals surface area contributed by atoms with Gasteiger partial charge in [-0.05, 0) is 38.3 Å². The zero-order valence-electron chi connectivity index (χ0n) is 18.2. The lowest BCUT2D eigenvalue weighted by Gasteiger charge is -2.24. The smallest absolute Gasteiger partial charge is 0.256 e. The fourth-order valence-electron chi connectivity index (χ4n) is 3.12. The fourth-order valence-corrected chi connectivity index (χ4v) is 4.43. The van der Waals surface area contributed by atoms with Crippen LogP contribution < -0.4 is 5.32 Å². The molecule has 2 rings (SSSR count). The Morgan fingerprint density at radius 3 is 2.52 bits per heavy atom. The van der Waals surface area contributed by atoms with E-state index in [1.54, 1.807) is 11.8 Å². The Bertz CT molecular complexity index is 635. The number of ether oxygens (including phenoxy) is 3. The van der Waals surface area contributed by atoms with Gasteiger partial charge >= 0.3 is 0 Å². The molecule has 1 N–H and O–H groups in total. The lowest BCUT2D eigenvalue weighted by Crippen LogP contribution is -2.42. The van der Waals surface area contributed by atoms with Crippen molar-refractivity contribution >= 4 is 35.1 Å². The van der Waals surface area contributed by atoms with E-state index in [2.05, 4.69) is 24.1 Å². The van der Waals surface area contributed by atoms with Gasteiger partial charge in [0.2, 0.25) is 0 Å². The van der Waals surface area contributed by atoms with E-state index in [0.29, 0.717) is 19.8 Å². The molecule has 2 heterocycles. The molecule has 8 heteroatoms. The van der Waals surface area contributed by atoms with E-state index in [9.17, 15) is 4.79 Å². The minimum absolute atomic E-state index is 0.204. The largest absolute Gasteiger partial charge is 0.373 e. The first kappa shape index (κ1) is 24.5. The Morgan fingerprint density at radius 2 is 1.90 bits per heavy atom. The van der Waals surface area contributed by atoms with E-state index in [1.807, 2.05) is 25.5 Å². The van der Waals surface area contributed by atoms with Crippen LogP contribution in [-0.4, -0.2) is 61.5 Å². The molecule has 0 spiro atoms. The molecule has 1 aliphatic rings. The second-order valence-electron chi connectivity index (χ2n) is 7.05. The van der Waals surface area contributed by atoms with Crippen molar-refractivity contribution in [3.63, 3.8) is 0 Å². The van der Waals surface area contributed by atoms with Crippen LogP contribution in [0.3, 0.4) is 0 Å². The number of carbonyl (C=O) groups excluding carboxylic acids is 1. The van der Waals surface area contributed by atoms with E-state index in [1.165, 1.54) is 11.8 Å². The van der Waals surface area contributed by atoms with Crippen LogP contribution in [0, 0.1) is 6.92 Å². The van der Waals surface area contributed by atoms with E-state index >= 15 is 0 Å². The number of nitrogens with one attached hydrogen (secondary N) is 1. The van der Waals surface area contributed by atoms with E-state index in [-0.39, 0.29) is 12.0 Å². The highest BCUT2D eigenvalue weighted by atomic mass is 32.2. The Labute approximate surface area is 183 Å². The van der Waals surface area contributed by atoms with Crippen LogP contribution in [0.25, 0.3) is 0 Å². The van der Waals surface area contributed by atoms with Gasteiger partial charge in [-0.2, -0.15) is 0 Å². The molecule has 0 radical (unpaired) electrons. The molecule has 1 aliphatic heterocycles. The molecule has 6 nitrogen and oxygen atoms in total. The number of aryl methyl sites for hydroxylation is 1. The fraction of sp³-hybridized carbons (Fsp3) is 0.714. The molecule has 0 unspecified atom stereocenters. The van der Waals surface area contributed by atoms with Crippen LogP contribution in [0.1, 0.15) is 45.2 Å². The summed E-state index contributed by atoms with van der Waals surface area (Å²) in [6.45, 7) is 7.83. The molecule has 0 bridgehead atoms. The molecule has 0 aliphatic carbocycles. The summed E-state index contributed by atoms with van der Waals surface area (Å²) < 4.78 is 17.9. The number of pyridine rings is 1. The number of hydrogen-bond acceptors (Lipinski definition) is 7. The molecule has 1 saturated heterocycles. The van der Waals surface area contributed by atoms with E-state index in [0.717, 1.165) is 47.0 Å². The van der Waals surface area contributed by atoms with Crippen molar-refractivity contribution in [3.05, 3.63) is 11.8 Å². The van der Waals surface area contributed by atoms with Crippen molar-refractivity contribution in [1.29, 1.82) is 0 Å². The van der Waals surface area contributed by atoms with Gasteiger partial charge in [0.1, 0.15) is 17.2 Å². The molecular weight excluding hydrogens is 408 g/mol. The number of nitrogens with zero attached hydrogens (tertiary/aromatic N) is 1. The standard InChI is InChI=1S/C21H34N2O4S2/c1-6-8-10-25-15-13-27-19(18(15)26-11-9-7-2)20(24)23-17-16(28-4)12-14(3)22-21(17)29-5/h12,15,18-19H,6-11,13H2,1-5H3,(H,23,24)/t15-,18+,19-/m0/s1. The third kappa shape index (κ3) is 6.85. The van der Waals surface area contributed by atoms with Crippen molar-refractivity contribution in [1.82, 2.24) is 4.98 Å². The summed E-state index contributed by atoms with van der Waals surface area (Å²) in [7, 11) is 0. The minimum atomic E-state index is -0.691. The molecule has 0 saturated carbocycles. The van der Waals surface area contributed by atoms with Gasteiger partial charge < -0.3 is 19.5 Å². The number of carbonyl (C=O) groups is 1. The molecule has 1 fully saturated rings. The summed E-state index contributed by atoms with van der Waals surface area (Å²) in [4.78, 5) is 18.7. The first-order valence-electron chi connectivity index (χ1n) is 10.3.